The highest BCUT2D eigenvalue weighted by molar-refractivity contribution is 5.82. The molecule has 124 valence electrons. The molecule has 1 aromatic rings. The molecule has 0 radical (unpaired) electrons. The minimum atomic E-state index is -0.920. The van der Waals surface area contributed by atoms with Gasteiger partial charge in [0.25, 0.3) is 0 Å². The van der Waals surface area contributed by atoms with E-state index in [1.54, 1.807) is 17.0 Å². The summed E-state index contributed by atoms with van der Waals surface area (Å²) in [4.78, 5) is 18.0. The lowest BCUT2D eigenvalue weighted by Crippen LogP contribution is -2.42. The van der Waals surface area contributed by atoms with Crippen LogP contribution in [0.2, 0.25) is 0 Å². The van der Waals surface area contributed by atoms with Gasteiger partial charge >= 0.3 is 0 Å². The molecule has 3 heterocycles. The van der Waals surface area contributed by atoms with E-state index in [4.69, 9.17) is 10.5 Å². The van der Waals surface area contributed by atoms with E-state index in [2.05, 4.69) is 15.6 Å². The highest BCUT2D eigenvalue weighted by Crippen LogP contribution is 2.19. The summed E-state index contributed by atoms with van der Waals surface area (Å²) in [5.74, 6) is 0.431. The lowest BCUT2D eigenvalue weighted by molar-refractivity contribution is -0.132. The molecule has 1 aromatic heterocycles. The fraction of sp³-hybridized carbons (Fsp3) is 0.500. The first-order chi connectivity index (χ1) is 11.6. The minimum Gasteiger partial charge on any atom is -0.366 e. The quantitative estimate of drug-likeness (QED) is 0.839. The summed E-state index contributed by atoms with van der Waals surface area (Å²) in [7, 11) is 0. The molecular formula is C16H17FN6O. The van der Waals surface area contributed by atoms with E-state index in [9.17, 15) is 9.18 Å². The summed E-state index contributed by atoms with van der Waals surface area (Å²) in [5.41, 5.74) is 0.308. The van der Waals surface area contributed by atoms with Crippen molar-refractivity contribution in [1.82, 2.24) is 15.2 Å². The average Bonchev–Trinajstić information content (AvgIpc) is 3.23. The van der Waals surface area contributed by atoms with Crippen LogP contribution in [-0.2, 0) is 4.79 Å². The van der Waals surface area contributed by atoms with E-state index in [1.807, 2.05) is 12.1 Å². The molecule has 8 heteroatoms. The van der Waals surface area contributed by atoms with Crippen LogP contribution in [-0.4, -0.2) is 53.7 Å². The number of hydrogen-bond acceptors (Lipinski definition) is 6. The maximum absolute atomic E-state index is 13.2. The van der Waals surface area contributed by atoms with Crippen LogP contribution in [0.15, 0.2) is 12.1 Å². The van der Waals surface area contributed by atoms with Gasteiger partial charge < -0.3 is 15.5 Å². The monoisotopic (exact) mass is 328 g/mol. The van der Waals surface area contributed by atoms with Gasteiger partial charge in [0.05, 0.1) is 18.2 Å². The third-order valence-corrected chi connectivity index (χ3v) is 4.34. The standard InChI is InChI=1S/C16H17FN6O/c17-11-3-4-23(9-11)16(24)13-5-12(8-20-13)21-15-2-1-10(6-18)14(7-19)22-15/h1-2,11-13,20H,3-5,8-9H2,(H,21,22)/t11?,12-,13-/m0/s1. The molecule has 7 nitrogen and oxygen atoms in total. The van der Waals surface area contributed by atoms with Crippen molar-refractivity contribution in [2.75, 3.05) is 25.0 Å². The number of carbonyl (C=O) groups is 1. The molecule has 0 saturated carbocycles. The van der Waals surface area contributed by atoms with Gasteiger partial charge in [0, 0.05) is 19.1 Å². The number of amides is 1. The van der Waals surface area contributed by atoms with E-state index < -0.39 is 6.17 Å². The maximum Gasteiger partial charge on any atom is 0.239 e. The molecule has 24 heavy (non-hydrogen) atoms. The Morgan fingerprint density at radius 2 is 2.25 bits per heavy atom. The van der Waals surface area contributed by atoms with Crippen molar-refractivity contribution in [2.45, 2.75) is 31.1 Å². The lowest BCUT2D eigenvalue weighted by atomic mass is 10.1. The zero-order chi connectivity index (χ0) is 17.1. The van der Waals surface area contributed by atoms with Gasteiger partial charge in [-0.05, 0) is 25.0 Å². The van der Waals surface area contributed by atoms with Gasteiger partial charge in [-0.15, -0.1) is 0 Å². The van der Waals surface area contributed by atoms with E-state index in [0.29, 0.717) is 31.7 Å². The van der Waals surface area contributed by atoms with Crippen LogP contribution in [0, 0.1) is 22.7 Å². The summed E-state index contributed by atoms with van der Waals surface area (Å²) < 4.78 is 13.2. The second-order valence-corrected chi connectivity index (χ2v) is 6.02. The normalized spacial score (nSPS) is 26.0. The van der Waals surface area contributed by atoms with Crippen molar-refractivity contribution in [3.05, 3.63) is 23.4 Å². The number of nitrogens with one attached hydrogen (secondary N) is 2. The van der Waals surface area contributed by atoms with Crippen molar-refractivity contribution in [3.63, 3.8) is 0 Å². The summed E-state index contributed by atoms with van der Waals surface area (Å²) in [5, 5.41) is 24.2. The van der Waals surface area contributed by atoms with Gasteiger partial charge in [0.1, 0.15) is 24.1 Å². The van der Waals surface area contributed by atoms with Crippen molar-refractivity contribution >= 4 is 11.7 Å². The van der Waals surface area contributed by atoms with Crippen LogP contribution in [0.25, 0.3) is 0 Å². The number of likely N-dealkylation sites (tertiary alicyclic amines) is 1. The summed E-state index contributed by atoms with van der Waals surface area (Å²) >= 11 is 0. The van der Waals surface area contributed by atoms with Crippen molar-refractivity contribution in [3.8, 4) is 12.1 Å². The smallest absolute Gasteiger partial charge is 0.239 e. The Labute approximate surface area is 139 Å². The molecule has 0 aliphatic carbocycles. The summed E-state index contributed by atoms with van der Waals surface area (Å²) in [6.45, 7) is 1.23. The van der Waals surface area contributed by atoms with Gasteiger partial charge in [-0.25, -0.2) is 9.37 Å². The first kappa shape index (κ1) is 16.2. The topological polar surface area (TPSA) is 105 Å². The number of aromatic nitrogens is 1. The highest BCUT2D eigenvalue weighted by Gasteiger charge is 2.35. The first-order valence-electron chi connectivity index (χ1n) is 7.84. The first-order valence-corrected chi connectivity index (χ1v) is 7.84. The fourth-order valence-corrected chi connectivity index (χ4v) is 3.10. The molecule has 2 aliphatic rings. The molecule has 3 rings (SSSR count). The van der Waals surface area contributed by atoms with Crippen molar-refractivity contribution in [1.29, 1.82) is 10.5 Å². The van der Waals surface area contributed by atoms with Crippen molar-refractivity contribution in [2.24, 2.45) is 0 Å². The zero-order valence-corrected chi connectivity index (χ0v) is 13.0. The number of rotatable bonds is 3. The molecule has 2 aliphatic heterocycles. The SMILES string of the molecule is N#Cc1ccc(N[C@@H]2CN[C@H](C(=O)N3CCC(F)C3)C2)nc1C#N. The van der Waals surface area contributed by atoms with E-state index in [-0.39, 0.29) is 35.8 Å². The predicted molar refractivity (Wildman–Crippen MR) is 83.6 cm³/mol. The lowest BCUT2D eigenvalue weighted by Gasteiger charge is -2.20. The van der Waals surface area contributed by atoms with Crippen LogP contribution >= 0.6 is 0 Å². The zero-order valence-electron chi connectivity index (χ0n) is 13.0. The third-order valence-electron chi connectivity index (χ3n) is 4.34. The molecule has 0 bridgehead atoms. The van der Waals surface area contributed by atoms with Gasteiger partial charge in [-0.2, -0.15) is 10.5 Å². The fourth-order valence-electron chi connectivity index (χ4n) is 3.10. The highest BCUT2D eigenvalue weighted by atomic mass is 19.1. The van der Waals surface area contributed by atoms with Gasteiger partial charge in [-0.3, -0.25) is 4.79 Å². The second-order valence-electron chi connectivity index (χ2n) is 6.02. The molecule has 2 N–H and O–H groups in total. The van der Waals surface area contributed by atoms with Gasteiger partial charge in [-0.1, -0.05) is 0 Å². The van der Waals surface area contributed by atoms with E-state index >= 15 is 0 Å². The molecule has 2 saturated heterocycles. The van der Waals surface area contributed by atoms with Crippen LogP contribution < -0.4 is 10.6 Å². The van der Waals surface area contributed by atoms with Crippen LogP contribution in [0.4, 0.5) is 10.2 Å². The predicted octanol–water partition coefficient (Wildman–Crippen LogP) is 0.538. The molecule has 0 aromatic carbocycles. The number of halogens is 1. The minimum absolute atomic E-state index is 0.0188. The molecule has 1 unspecified atom stereocenters. The Kier molecular flexibility index (Phi) is 4.59. The van der Waals surface area contributed by atoms with E-state index in [0.717, 1.165) is 0 Å². The van der Waals surface area contributed by atoms with E-state index in [1.165, 1.54) is 0 Å². The molecule has 0 spiro atoms. The van der Waals surface area contributed by atoms with Crippen LogP contribution in [0.5, 0.6) is 0 Å². The number of carbonyl (C=O) groups excluding carboxylic acids is 1. The second kappa shape index (κ2) is 6.81. The maximum atomic E-state index is 13.2. The van der Waals surface area contributed by atoms with Crippen LogP contribution in [0.1, 0.15) is 24.1 Å². The molecule has 2 fully saturated rings. The number of pyridine rings is 1. The largest absolute Gasteiger partial charge is 0.366 e. The van der Waals surface area contributed by atoms with Crippen molar-refractivity contribution < 1.29 is 9.18 Å². The third kappa shape index (κ3) is 3.29. The average molecular weight is 328 g/mol. The number of anilines is 1. The number of hydrogen-bond donors (Lipinski definition) is 2. The van der Waals surface area contributed by atoms with Gasteiger partial charge in [0.15, 0.2) is 5.69 Å². The Morgan fingerprint density at radius 3 is 2.92 bits per heavy atom. The Morgan fingerprint density at radius 1 is 1.42 bits per heavy atom. The summed E-state index contributed by atoms with van der Waals surface area (Å²) in [6.07, 6.45) is 0.0544. The van der Waals surface area contributed by atoms with Crippen LogP contribution in [0.3, 0.4) is 0 Å². The Balaban J connectivity index is 1.60. The number of nitriles is 2. The molecular weight excluding hydrogens is 311 g/mol. The molecule has 3 atom stereocenters. The summed E-state index contributed by atoms with van der Waals surface area (Å²) in [6, 6.07) is 6.65. The molecule has 1 amide bonds. The van der Waals surface area contributed by atoms with Gasteiger partial charge in [0.2, 0.25) is 5.91 Å². The number of nitrogens with zero attached hydrogens (tertiary/aromatic N) is 4. The number of alkyl halides is 1. The Hall–Kier alpha value is -2.71. The Bertz CT molecular complexity index is 724.